The van der Waals surface area contributed by atoms with Gasteiger partial charge in [-0.3, -0.25) is 0 Å². The molecular formula is C21H19Cl2N3O. The molecule has 1 aliphatic rings. The summed E-state index contributed by atoms with van der Waals surface area (Å²) < 4.78 is 0. The summed E-state index contributed by atoms with van der Waals surface area (Å²) in [6.45, 7) is 0.101. The second-order valence-corrected chi connectivity index (χ2v) is 7.67. The van der Waals surface area contributed by atoms with Crippen LogP contribution in [0.1, 0.15) is 36.3 Å². The smallest absolute Gasteiger partial charge is 0.161 e. The van der Waals surface area contributed by atoms with Crippen LogP contribution in [-0.2, 0) is 11.8 Å². The van der Waals surface area contributed by atoms with Crippen LogP contribution in [0.4, 0.5) is 0 Å². The van der Waals surface area contributed by atoms with Crippen molar-refractivity contribution >= 4 is 23.2 Å². The van der Waals surface area contributed by atoms with E-state index in [4.69, 9.17) is 28.2 Å². The molecule has 0 bridgehead atoms. The van der Waals surface area contributed by atoms with Crippen LogP contribution >= 0.6 is 23.2 Å². The molecule has 27 heavy (non-hydrogen) atoms. The highest BCUT2D eigenvalue weighted by molar-refractivity contribution is 6.33. The van der Waals surface area contributed by atoms with Gasteiger partial charge in [0.2, 0.25) is 0 Å². The average molecular weight is 400 g/mol. The lowest BCUT2D eigenvalue weighted by molar-refractivity contribution is 0.288. The molecule has 0 atom stereocenters. The molecule has 1 fully saturated rings. The highest BCUT2D eigenvalue weighted by Crippen LogP contribution is 2.52. The van der Waals surface area contributed by atoms with E-state index in [-0.39, 0.29) is 12.0 Å². The largest absolute Gasteiger partial charge is 0.396 e. The van der Waals surface area contributed by atoms with Crippen LogP contribution in [0.2, 0.25) is 10.0 Å². The van der Waals surface area contributed by atoms with Crippen LogP contribution in [0.3, 0.4) is 0 Å². The third-order valence-corrected chi connectivity index (χ3v) is 5.62. The Balaban J connectivity index is 1.77. The van der Waals surface area contributed by atoms with E-state index in [1.54, 1.807) is 0 Å². The molecule has 1 aromatic heterocycles. The normalized spacial score (nSPS) is 14.9. The summed E-state index contributed by atoms with van der Waals surface area (Å²) in [6, 6.07) is 15.4. The molecule has 3 aromatic rings. The van der Waals surface area contributed by atoms with Gasteiger partial charge in [0.25, 0.3) is 0 Å². The minimum Gasteiger partial charge on any atom is -0.396 e. The summed E-state index contributed by atoms with van der Waals surface area (Å²) in [5, 5.41) is 19.6. The lowest BCUT2D eigenvalue weighted by Gasteiger charge is -2.16. The Morgan fingerprint density at radius 3 is 2.37 bits per heavy atom. The number of nitrogens with zero attached hydrogens (tertiary/aromatic N) is 3. The molecule has 1 N–H and O–H groups in total. The minimum absolute atomic E-state index is 0.101. The van der Waals surface area contributed by atoms with Crippen LogP contribution in [0.15, 0.2) is 48.5 Å². The lowest BCUT2D eigenvalue weighted by Crippen LogP contribution is -2.17. The highest BCUT2D eigenvalue weighted by Gasteiger charge is 2.49. The molecule has 1 heterocycles. The van der Waals surface area contributed by atoms with Gasteiger partial charge < -0.3 is 5.11 Å². The van der Waals surface area contributed by atoms with E-state index >= 15 is 0 Å². The Bertz CT molecular complexity index is 956. The number of hydrogen-bond donors (Lipinski definition) is 1. The molecule has 1 aliphatic carbocycles. The summed E-state index contributed by atoms with van der Waals surface area (Å²) >= 11 is 12.4. The van der Waals surface area contributed by atoms with Crippen molar-refractivity contribution in [2.75, 3.05) is 6.61 Å². The third-order valence-electron chi connectivity index (χ3n) is 5.03. The third kappa shape index (κ3) is 3.57. The van der Waals surface area contributed by atoms with Crippen molar-refractivity contribution in [2.45, 2.75) is 31.1 Å². The number of aryl methyl sites for hydroxylation is 1. The van der Waals surface area contributed by atoms with Crippen molar-refractivity contribution in [3.8, 4) is 11.3 Å². The maximum atomic E-state index is 9.29. The Morgan fingerprint density at radius 2 is 1.70 bits per heavy atom. The first-order chi connectivity index (χ1) is 13.1. The Hall–Kier alpha value is -2.01. The Labute approximate surface area is 168 Å². The molecule has 2 aromatic carbocycles. The van der Waals surface area contributed by atoms with Crippen LogP contribution in [0.25, 0.3) is 11.3 Å². The summed E-state index contributed by atoms with van der Waals surface area (Å²) in [7, 11) is 0. The molecular weight excluding hydrogens is 381 g/mol. The van der Waals surface area contributed by atoms with Gasteiger partial charge in [0.15, 0.2) is 5.82 Å². The van der Waals surface area contributed by atoms with Crippen LogP contribution in [0.5, 0.6) is 0 Å². The molecule has 0 amide bonds. The van der Waals surface area contributed by atoms with Crippen LogP contribution in [0, 0.1) is 0 Å². The lowest BCUT2D eigenvalue weighted by atomic mass is 9.95. The molecule has 0 unspecified atom stereocenters. The van der Waals surface area contributed by atoms with E-state index in [0.717, 1.165) is 35.5 Å². The fourth-order valence-electron chi connectivity index (χ4n) is 3.38. The maximum absolute atomic E-state index is 9.29. The van der Waals surface area contributed by atoms with Crippen LogP contribution in [-0.4, -0.2) is 26.9 Å². The van der Waals surface area contributed by atoms with Crippen molar-refractivity contribution < 1.29 is 5.11 Å². The van der Waals surface area contributed by atoms with Gasteiger partial charge >= 0.3 is 0 Å². The molecule has 1 saturated carbocycles. The van der Waals surface area contributed by atoms with E-state index in [2.05, 4.69) is 10.2 Å². The second kappa shape index (κ2) is 7.55. The van der Waals surface area contributed by atoms with Crippen molar-refractivity contribution in [1.82, 2.24) is 15.2 Å². The van der Waals surface area contributed by atoms with E-state index in [1.807, 2.05) is 48.5 Å². The summed E-state index contributed by atoms with van der Waals surface area (Å²) in [4.78, 5) is 4.88. The Morgan fingerprint density at radius 1 is 0.963 bits per heavy atom. The number of aliphatic hydroxyl groups is 1. The molecule has 0 saturated heterocycles. The van der Waals surface area contributed by atoms with Gasteiger partial charge in [-0.15, -0.1) is 10.2 Å². The van der Waals surface area contributed by atoms with Gasteiger partial charge in [-0.05, 0) is 49.4 Å². The molecule has 4 rings (SSSR count). The first-order valence-electron chi connectivity index (χ1n) is 9.00. The summed E-state index contributed by atoms with van der Waals surface area (Å²) in [5.74, 6) is 0.730. The second-order valence-electron chi connectivity index (χ2n) is 6.83. The fourth-order valence-corrected chi connectivity index (χ4v) is 3.73. The standard InChI is InChI=1S/C21H19Cl2N3O/c22-15-9-7-14(8-10-15)21(11-12-21)20-24-18(6-3-13-27)19(25-26-20)16-4-1-2-5-17(16)23/h1-2,4-5,7-10,27H,3,6,11-13H2. The predicted octanol–water partition coefficient (Wildman–Crippen LogP) is 4.85. The topological polar surface area (TPSA) is 58.9 Å². The number of aliphatic hydroxyl groups excluding tert-OH is 1. The van der Waals surface area contributed by atoms with Gasteiger partial charge in [0.1, 0.15) is 5.69 Å². The van der Waals surface area contributed by atoms with E-state index < -0.39 is 0 Å². The van der Waals surface area contributed by atoms with E-state index in [1.165, 1.54) is 0 Å². The van der Waals surface area contributed by atoms with Gasteiger partial charge in [0.05, 0.1) is 16.1 Å². The van der Waals surface area contributed by atoms with Gasteiger partial charge in [0, 0.05) is 17.2 Å². The van der Waals surface area contributed by atoms with Crippen molar-refractivity contribution in [3.63, 3.8) is 0 Å². The number of hydrogen-bond acceptors (Lipinski definition) is 4. The zero-order chi connectivity index (χ0) is 18.9. The number of aromatic nitrogens is 3. The molecule has 0 aliphatic heterocycles. The molecule has 138 valence electrons. The average Bonchev–Trinajstić information content (AvgIpc) is 3.49. The molecule has 4 nitrogen and oxygen atoms in total. The molecule has 6 heteroatoms. The van der Waals surface area contributed by atoms with E-state index in [9.17, 15) is 5.11 Å². The fraction of sp³-hybridized carbons (Fsp3) is 0.286. The minimum atomic E-state index is -0.190. The van der Waals surface area contributed by atoms with Gasteiger partial charge in [-0.1, -0.05) is 53.5 Å². The predicted molar refractivity (Wildman–Crippen MR) is 107 cm³/mol. The SMILES string of the molecule is OCCCc1nc(C2(c3ccc(Cl)cc3)CC2)nnc1-c1ccccc1Cl. The first-order valence-corrected chi connectivity index (χ1v) is 9.75. The van der Waals surface area contributed by atoms with Gasteiger partial charge in [-0.2, -0.15) is 0 Å². The quantitative estimate of drug-likeness (QED) is 0.643. The monoisotopic (exact) mass is 399 g/mol. The maximum Gasteiger partial charge on any atom is 0.161 e. The van der Waals surface area contributed by atoms with Crippen molar-refractivity contribution in [2.24, 2.45) is 0 Å². The molecule has 0 spiro atoms. The van der Waals surface area contributed by atoms with Crippen molar-refractivity contribution in [3.05, 3.63) is 75.7 Å². The Kier molecular flexibility index (Phi) is 5.13. The first kappa shape index (κ1) is 18.4. The van der Waals surface area contributed by atoms with E-state index in [0.29, 0.717) is 28.6 Å². The summed E-state index contributed by atoms with van der Waals surface area (Å²) in [5.41, 5.74) is 3.29. The van der Waals surface area contributed by atoms with Crippen molar-refractivity contribution in [1.29, 1.82) is 0 Å². The zero-order valence-corrected chi connectivity index (χ0v) is 16.2. The number of rotatable bonds is 6. The summed E-state index contributed by atoms with van der Waals surface area (Å²) in [6.07, 6.45) is 3.21. The number of benzene rings is 2. The number of halogens is 2. The highest BCUT2D eigenvalue weighted by atomic mass is 35.5. The van der Waals surface area contributed by atoms with Gasteiger partial charge in [-0.25, -0.2) is 4.98 Å². The zero-order valence-electron chi connectivity index (χ0n) is 14.7. The molecule has 0 radical (unpaired) electrons. The van der Waals surface area contributed by atoms with Crippen LogP contribution < -0.4 is 0 Å².